The minimum Gasteiger partial charge on any atom is -0.387 e. The Morgan fingerprint density at radius 1 is 1.40 bits per heavy atom. The van der Waals surface area contributed by atoms with Crippen molar-refractivity contribution in [2.75, 3.05) is 5.73 Å². The van der Waals surface area contributed by atoms with Gasteiger partial charge in [0.15, 0.2) is 17.7 Å². The number of hydrogen-bond acceptors (Lipinski definition) is 7. The van der Waals surface area contributed by atoms with E-state index < -0.39 is 12.3 Å². The second-order valence-electron chi connectivity index (χ2n) is 6.12. The van der Waals surface area contributed by atoms with Crippen LogP contribution in [0.25, 0.3) is 11.2 Å². The van der Waals surface area contributed by atoms with Gasteiger partial charge in [-0.3, -0.25) is 4.57 Å². The van der Waals surface area contributed by atoms with Gasteiger partial charge in [-0.25, -0.2) is 15.0 Å². The summed E-state index contributed by atoms with van der Waals surface area (Å²) in [5.41, 5.74) is 6.99. The third-order valence-electron chi connectivity index (χ3n) is 4.32. The molecule has 0 unspecified atom stereocenters. The van der Waals surface area contributed by atoms with E-state index in [1.807, 2.05) is 6.92 Å². The number of thiol groups is 1. The molecule has 0 aromatic carbocycles. The van der Waals surface area contributed by atoms with Crippen molar-refractivity contribution in [2.24, 2.45) is 0 Å². The maximum absolute atomic E-state index is 10.5. The van der Waals surface area contributed by atoms with Gasteiger partial charge in [-0.1, -0.05) is 26.2 Å². The molecule has 1 aliphatic heterocycles. The van der Waals surface area contributed by atoms with E-state index in [1.165, 1.54) is 0 Å². The van der Waals surface area contributed by atoms with Gasteiger partial charge in [0.2, 0.25) is 5.82 Å². The van der Waals surface area contributed by atoms with Gasteiger partial charge in [-0.2, -0.15) is 12.6 Å². The number of aliphatic hydroxyl groups excluding tert-OH is 1. The van der Waals surface area contributed by atoms with Gasteiger partial charge in [-0.05, 0) is 18.8 Å². The highest BCUT2D eigenvalue weighted by molar-refractivity contribution is 7.81. The molecular weight excluding hydrogens is 338 g/mol. The van der Waals surface area contributed by atoms with Crippen molar-refractivity contribution >= 4 is 29.6 Å². The predicted octanol–water partition coefficient (Wildman–Crippen LogP) is 1.92. The number of rotatable bonds is 4. The van der Waals surface area contributed by atoms with Gasteiger partial charge in [0.1, 0.15) is 11.6 Å². The fourth-order valence-electron chi connectivity index (χ4n) is 2.88. The Labute approximate surface area is 152 Å². The first-order chi connectivity index (χ1) is 12.1. The van der Waals surface area contributed by atoms with E-state index in [0.717, 1.165) is 25.7 Å². The van der Waals surface area contributed by atoms with E-state index in [2.05, 4.69) is 46.3 Å². The summed E-state index contributed by atoms with van der Waals surface area (Å²) in [4.78, 5) is 12.9. The molecule has 7 nitrogen and oxygen atoms in total. The van der Waals surface area contributed by atoms with E-state index in [-0.39, 0.29) is 17.2 Å². The number of aliphatic hydroxyl groups is 1. The minimum absolute atomic E-state index is 0.131. The average Bonchev–Trinajstić information content (AvgIpc) is 3.14. The fraction of sp³-hybridized carbons (Fsp3) is 0.588. The lowest BCUT2D eigenvalue weighted by atomic mass is 10.1. The van der Waals surface area contributed by atoms with Crippen molar-refractivity contribution in [3.05, 3.63) is 12.2 Å². The third-order valence-corrected chi connectivity index (χ3v) is 4.96. The Morgan fingerprint density at radius 3 is 2.88 bits per heavy atom. The maximum atomic E-state index is 10.5. The molecule has 0 bridgehead atoms. The highest BCUT2D eigenvalue weighted by Gasteiger charge is 2.42. The zero-order chi connectivity index (χ0) is 18.0. The molecule has 25 heavy (non-hydrogen) atoms. The minimum atomic E-state index is -0.763. The second-order valence-corrected chi connectivity index (χ2v) is 6.71. The van der Waals surface area contributed by atoms with Crippen LogP contribution in [-0.4, -0.2) is 42.1 Å². The molecule has 8 heteroatoms. The van der Waals surface area contributed by atoms with Gasteiger partial charge in [0, 0.05) is 6.42 Å². The van der Waals surface area contributed by atoms with Crippen LogP contribution in [0.2, 0.25) is 0 Å². The summed E-state index contributed by atoms with van der Waals surface area (Å²) < 4.78 is 7.63. The average molecular weight is 361 g/mol. The number of anilines is 1. The van der Waals surface area contributed by atoms with Gasteiger partial charge in [-0.15, -0.1) is 0 Å². The standard InChI is InChI=1S/C17H23N5O2S/c1-3-5-6-7-8-11-20-15(18)12-16(21-11)22(9-19-12)17-13(23)14(25)10(4-2)24-17/h9-10,13-14,17,23,25H,3-6H2,1-2H3,(H2,18,20,21)/t10-,13-,14-,17-/m1/s1. The molecule has 134 valence electrons. The van der Waals surface area contributed by atoms with Crippen molar-refractivity contribution in [3.63, 3.8) is 0 Å². The van der Waals surface area contributed by atoms with E-state index in [0.29, 0.717) is 17.0 Å². The number of aromatic nitrogens is 4. The van der Waals surface area contributed by atoms with E-state index >= 15 is 0 Å². The number of ether oxygens (including phenoxy) is 1. The van der Waals surface area contributed by atoms with Gasteiger partial charge < -0.3 is 15.6 Å². The highest BCUT2D eigenvalue weighted by Crippen LogP contribution is 2.35. The Hall–Kier alpha value is -1.82. The van der Waals surface area contributed by atoms with Crippen LogP contribution in [0.1, 0.15) is 51.6 Å². The lowest BCUT2D eigenvalue weighted by molar-refractivity contribution is -0.0355. The van der Waals surface area contributed by atoms with Crippen molar-refractivity contribution in [1.82, 2.24) is 19.5 Å². The van der Waals surface area contributed by atoms with Crippen molar-refractivity contribution in [3.8, 4) is 11.8 Å². The fourth-order valence-corrected chi connectivity index (χ4v) is 3.31. The lowest BCUT2D eigenvalue weighted by Gasteiger charge is -2.16. The largest absolute Gasteiger partial charge is 0.387 e. The van der Waals surface area contributed by atoms with Crippen LogP contribution in [0.5, 0.6) is 0 Å². The van der Waals surface area contributed by atoms with Crippen molar-refractivity contribution in [1.29, 1.82) is 0 Å². The Kier molecular flexibility index (Phi) is 5.47. The summed E-state index contributed by atoms with van der Waals surface area (Å²) in [6.07, 6.45) is 3.75. The molecule has 0 saturated carbocycles. The quantitative estimate of drug-likeness (QED) is 0.437. The van der Waals surface area contributed by atoms with Gasteiger partial charge in [0.25, 0.3) is 0 Å². The molecule has 0 amide bonds. The second kappa shape index (κ2) is 7.60. The maximum Gasteiger partial charge on any atom is 0.208 e. The highest BCUT2D eigenvalue weighted by atomic mass is 32.1. The van der Waals surface area contributed by atoms with Crippen LogP contribution in [0.15, 0.2) is 6.33 Å². The van der Waals surface area contributed by atoms with E-state index in [1.54, 1.807) is 10.9 Å². The molecule has 2 aromatic heterocycles. The van der Waals surface area contributed by atoms with Crippen LogP contribution >= 0.6 is 12.6 Å². The number of hydrogen-bond donors (Lipinski definition) is 3. The molecule has 1 aliphatic rings. The van der Waals surface area contributed by atoms with Crippen LogP contribution in [-0.2, 0) is 4.74 Å². The SMILES string of the molecule is CCCCC#Cc1nc(N)c2ncn([C@@H]3O[C@H](CC)[C@@H](S)[C@H]3O)c2n1. The summed E-state index contributed by atoms with van der Waals surface area (Å²) in [5.74, 6) is 6.62. The molecule has 3 N–H and O–H groups in total. The Balaban J connectivity index is 1.97. The smallest absolute Gasteiger partial charge is 0.208 e. The molecule has 0 spiro atoms. The molecule has 4 atom stereocenters. The van der Waals surface area contributed by atoms with E-state index in [4.69, 9.17) is 10.5 Å². The Bertz CT molecular complexity index is 812. The molecule has 0 radical (unpaired) electrons. The lowest BCUT2D eigenvalue weighted by Crippen LogP contribution is -2.26. The zero-order valence-electron chi connectivity index (χ0n) is 14.4. The zero-order valence-corrected chi connectivity index (χ0v) is 15.3. The number of nitrogen functional groups attached to an aromatic ring is 1. The summed E-state index contributed by atoms with van der Waals surface area (Å²) in [6.45, 7) is 4.12. The third kappa shape index (κ3) is 3.45. The predicted molar refractivity (Wildman–Crippen MR) is 99.1 cm³/mol. The van der Waals surface area contributed by atoms with Crippen LogP contribution in [0.3, 0.4) is 0 Å². The first-order valence-corrected chi connectivity index (χ1v) is 9.09. The molecular formula is C17H23N5O2S. The number of nitrogens with zero attached hydrogens (tertiary/aromatic N) is 4. The van der Waals surface area contributed by atoms with Crippen LogP contribution < -0.4 is 5.73 Å². The number of unbranched alkanes of at least 4 members (excludes halogenated alkanes) is 2. The van der Waals surface area contributed by atoms with Crippen molar-refractivity contribution < 1.29 is 9.84 Å². The number of nitrogens with two attached hydrogens (primary N) is 1. The van der Waals surface area contributed by atoms with Crippen molar-refractivity contribution in [2.45, 2.75) is 63.2 Å². The summed E-state index contributed by atoms with van der Waals surface area (Å²) in [6, 6.07) is 0. The number of imidazole rings is 1. The molecule has 1 fully saturated rings. The molecule has 3 heterocycles. The molecule has 3 rings (SSSR count). The van der Waals surface area contributed by atoms with Gasteiger partial charge >= 0.3 is 0 Å². The first-order valence-electron chi connectivity index (χ1n) is 8.57. The molecule has 0 aliphatic carbocycles. The normalized spacial score (nSPS) is 25.9. The molecule has 1 saturated heterocycles. The Morgan fingerprint density at radius 2 is 2.20 bits per heavy atom. The summed E-state index contributed by atoms with van der Waals surface area (Å²) in [5, 5.41) is 10.2. The molecule has 2 aromatic rings. The topological polar surface area (TPSA) is 99.1 Å². The summed E-state index contributed by atoms with van der Waals surface area (Å²) in [7, 11) is 0. The monoisotopic (exact) mass is 361 g/mol. The number of fused-ring (bicyclic) bond motifs is 1. The van der Waals surface area contributed by atoms with E-state index in [9.17, 15) is 5.11 Å². The first kappa shape index (κ1) is 18.0. The van der Waals surface area contributed by atoms with Crippen LogP contribution in [0, 0.1) is 11.8 Å². The summed E-state index contributed by atoms with van der Waals surface area (Å²) >= 11 is 4.47. The van der Waals surface area contributed by atoms with Crippen LogP contribution in [0.4, 0.5) is 5.82 Å². The van der Waals surface area contributed by atoms with Gasteiger partial charge in [0.05, 0.1) is 17.7 Å².